The van der Waals surface area contributed by atoms with Gasteiger partial charge < -0.3 is 9.94 Å². The quantitative estimate of drug-likeness (QED) is 0.937. The average molecular weight is 281 g/mol. The molecule has 1 N–H and O–H groups in total. The van der Waals surface area contributed by atoms with Gasteiger partial charge in [-0.1, -0.05) is 65.8 Å². The Morgan fingerprint density at radius 1 is 1.05 bits per heavy atom. The van der Waals surface area contributed by atoms with E-state index in [9.17, 15) is 4.79 Å². The van der Waals surface area contributed by atoms with Crippen LogP contribution in [0.3, 0.4) is 0 Å². The number of aliphatic carboxylic acids is 1. The zero-order chi connectivity index (χ0) is 14.7. The van der Waals surface area contributed by atoms with Crippen molar-refractivity contribution in [3.05, 3.63) is 71.8 Å². The van der Waals surface area contributed by atoms with Crippen LogP contribution in [0, 0.1) is 0 Å². The monoisotopic (exact) mass is 281 g/mol. The molecule has 4 nitrogen and oxygen atoms in total. The summed E-state index contributed by atoms with van der Waals surface area (Å²) in [6.07, 6.45) is -0.570. The van der Waals surface area contributed by atoms with Crippen LogP contribution in [0.4, 0.5) is 0 Å². The van der Waals surface area contributed by atoms with E-state index in [1.54, 1.807) is 0 Å². The molecule has 0 aliphatic carbocycles. The molecule has 0 saturated heterocycles. The SMILES string of the molecule is O=C(O)[C@@H]1CC(C(c2ccccc2)c2ccccc2)=NO1. The normalized spacial score (nSPS) is 17.4. The summed E-state index contributed by atoms with van der Waals surface area (Å²) in [5.41, 5.74) is 2.91. The molecule has 0 bridgehead atoms. The number of rotatable bonds is 4. The Balaban J connectivity index is 1.97. The predicted molar refractivity (Wildman–Crippen MR) is 79.3 cm³/mol. The highest BCUT2D eigenvalue weighted by Gasteiger charge is 2.33. The first-order valence-electron chi connectivity index (χ1n) is 6.81. The Morgan fingerprint density at radius 2 is 1.57 bits per heavy atom. The van der Waals surface area contributed by atoms with Gasteiger partial charge in [-0.2, -0.15) is 0 Å². The smallest absolute Gasteiger partial charge is 0.348 e. The minimum atomic E-state index is -0.978. The van der Waals surface area contributed by atoms with Crippen molar-refractivity contribution in [2.75, 3.05) is 0 Å². The Labute approximate surface area is 122 Å². The topological polar surface area (TPSA) is 58.9 Å². The van der Waals surface area contributed by atoms with Gasteiger partial charge in [0.1, 0.15) is 0 Å². The summed E-state index contributed by atoms with van der Waals surface area (Å²) in [7, 11) is 0. The third-order valence-corrected chi connectivity index (χ3v) is 3.57. The van der Waals surface area contributed by atoms with Crippen molar-refractivity contribution in [3.63, 3.8) is 0 Å². The highest BCUT2D eigenvalue weighted by molar-refractivity contribution is 5.97. The van der Waals surface area contributed by atoms with Crippen LogP contribution in [-0.2, 0) is 9.63 Å². The Kier molecular flexibility index (Phi) is 3.69. The van der Waals surface area contributed by atoms with Crippen LogP contribution in [-0.4, -0.2) is 22.9 Å². The highest BCUT2D eigenvalue weighted by Crippen LogP contribution is 2.31. The molecular weight excluding hydrogens is 266 g/mol. The third-order valence-electron chi connectivity index (χ3n) is 3.57. The van der Waals surface area contributed by atoms with Gasteiger partial charge in [0.2, 0.25) is 6.10 Å². The predicted octanol–water partition coefficient (Wildman–Crippen LogP) is 3.05. The van der Waals surface area contributed by atoms with Crippen molar-refractivity contribution >= 4 is 11.7 Å². The van der Waals surface area contributed by atoms with E-state index in [2.05, 4.69) is 5.16 Å². The molecule has 1 heterocycles. The van der Waals surface area contributed by atoms with E-state index in [0.717, 1.165) is 16.8 Å². The summed E-state index contributed by atoms with van der Waals surface area (Å²) in [5.74, 6) is -1.05. The maximum atomic E-state index is 11.0. The standard InChI is InChI=1S/C17H15NO3/c19-17(20)15-11-14(18-21-15)16(12-7-3-1-4-8-12)13-9-5-2-6-10-13/h1-10,15-16H,11H2,(H,19,20)/t15-/m0/s1. The molecule has 4 heteroatoms. The van der Waals surface area contributed by atoms with Crippen molar-refractivity contribution in [1.82, 2.24) is 0 Å². The van der Waals surface area contributed by atoms with Crippen molar-refractivity contribution in [2.45, 2.75) is 18.4 Å². The number of oxime groups is 1. The lowest BCUT2D eigenvalue weighted by molar-refractivity contribution is -0.148. The first-order chi connectivity index (χ1) is 10.3. The average Bonchev–Trinajstić information content (AvgIpc) is 3.00. The summed E-state index contributed by atoms with van der Waals surface area (Å²) in [5, 5.41) is 13.1. The largest absolute Gasteiger partial charge is 0.478 e. The van der Waals surface area contributed by atoms with Gasteiger partial charge in [-0.05, 0) is 11.1 Å². The van der Waals surface area contributed by atoms with Gasteiger partial charge >= 0.3 is 5.97 Å². The summed E-state index contributed by atoms with van der Waals surface area (Å²) < 4.78 is 0. The second-order valence-electron chi connectivity index (χ2n) is 4.97. The number of benzene rings is 2. The van der Waals surface area contributed by atoms with Crippen LogP contribution in [0.5, 0.6) is 0 Å². The second-order valence-corrected chi connectivity index (χ2v) is 4.97. The molecule has 21 heavy (non-hydrogen) atoms. The molecule has 0 spiro atoms. The minimum Gasteiger partial charge on any atom is -0.478 e. The molecular formula is C17H15NO3. The van der Waals surface area contributed by atoms with Crippen LogP contribution in [0.25, 0.3) is 0 Å². The first-order valence-corrected chi connectivity index (χ1v) is 6.81. The number of carboxylic acid groups (broad SMARTS) is 1. The second kappa shape index (κ2) is 5.79. The van der Waals surface area contributed by atoms with Gasteiger partial charge in [0.05, 0.1) is 11.6 Å². The molecule has 2 aromatic carbocycles. The molecule has 0 radical (unpaired) electrons. The summed E-state index contributed by atoms with van der Waals surface area (Å²) in [6, 6.07) is 19.9. The lowest BCUT2D eigenvalue weighted by atomic mass is 9.85. The van der Waals surface area contributed by atoms with Gasteiger partial charge in [0.15, 0.2) is 0 Å². The maximum Gasteiger partial charge on any atom is 0.348 e. The number of carboxylic acids is 1. The van der Waals surface area contributed by atoms with E-state index in [-0.39, 0.29) is 5.92 Å². The number of hydrogen-bond acceptors (Lipinski definition) is 3. The Bertz CT molecular complexity index is 613. The van der Waals surface area contributed by atoms with Crippen molar-refractivity contribution < 1.29 is 14.7 Å². The summed E-state index contributed by atoms with van der Waals surface area (Å²) >= 11 is 0. The van der Waals surface area contributed by atoms with E-state index < -0.39 is 12.1 Å². The van der Waals surface area contributed by atoms with E-state index in [4.69, 9.17) is 9.94 Å². The fourth-order valence-electron chi connectivity index (χ4n) is 2.57. The zero-order valence-corrected chi connectivity index (χ0v) is 11.3. The van der Waals surface area contributed by atoms with Gasteiger partial charge in [-0.25, -0.2) is 4.79 Å². The molecule has 106 valence electrons. The fraction of sp³-hybridized carbons (Fsp3) is 0.176. The van der Waals surface area contributed by atoms with Crippen LogP contribution in [0.1, 0.15) is 23.5 Å². The minimum absolute atomic E-state index is 0.0725. The Morgan fingerprint density at radius 3 is 2.00 bits per heavy atom. The molecule has 0 unspecified atom stereocenters. The lowest BCUT2D eigenvalue weighted by Crippen LogP contribution is -2.22. The molecule has 0 saturated carbocycles. The van der Waals surface area contributed by atoms with Gasteiger partial charge in [0.25, 0.3) is 0 Å². The molecule has 1 atom stereocenters. The van der Waals surface area contributed by atoms with Gasteiger partial charge in [-0.15, -0.1) is 0 Å². The third kappa shape index (κ3) is 2.79. The summed E-state index contributed by atoms with van der Waals surface area (Å²) in [6.45, 7) is 0. The summed E-state index contributed by atoms with van der Waals surface area (Å²) in [4.78, 5) is 16.1. The molecule has 3 rings (SSSR count). The molecule has 0 fully saturated rings. The zero-order valence-electron chi connectivity index (χ0n) is 11.3. The highest BCUT2D eigenvalue weighted by atomic mass is 16.7. The van der Waals surface area contributed by atoms with E-state index in [1.165, 1.54) is 0 Å². The van der Waals surface area contributed by atoms with E-state index in [1.807, 2.05) is 60.7 Å². The van der Waals surface area contributed by atoms with Gasteiger partial charge in [0, 0.05) is 6.42 Å². The van der Waals surface area contributed by atoms with Crippen LogP contribution in [0.15, 0.2) is 65.8 Å². The van der Waals surface area contributed by atoms with Crippen LogP contribution in [0.2, 0.25) is 0 Å². The number of carbonyl (C=O) groups is 1. The van der Waals surface area contributed by atoms with Crippen molar-refractivity contribution in [2.24, 2.45) is 5.16 Å². The van der Waals surface area contributed by atoms with E-state index >= 15 is 0 Å². The molecule has 2 aromatic rings. The van der Waals surface area contributed by atoms with Crippen molar-refractivity contribution in [1.29, 1.82) is 0 Å². The van der Waals surface area contributed by atoms with Crippen LogP contribution >= 0.6 is 0 Å². The maximum absolute atomic E-state index is 11.0. The fourth-order valence-corrected chi connectivity index (χ4v) is 2.57. The lowest BCUT2D eigenvalue weighted by Gasteiger charge is -2.17. The number of hydrogen-bond donors (Lipinski definition) is 1. The molecule has 1 aliphatic rings. The van der Waals surface area contributed by atoms with E-state index in [0.29, 0.717) is 6.42 Å². The van der Waals surface area contributed by atoms with Gasteiger partial charge in [-0.3, -0.25) is 0 Å². The van der Waals surface area contributed by atoms with Crippen LogP contribution < -0.4 is 0 Å². The molecule has 0 amide bonds. The Hall–Kier alpha value is -2.62. The number of nitrogens with zero attached hydrogens (tertiary/aromatic N) is 1. The van der Waals surface area contributed by atoms with Crippen molar-refractivity contribution in [3.8, 4) is 0 Å². The molecule has 0 aromatic heterocycles. The molecule has 1 aliphatic heterocycles. The first kappa shape index (κ1) is 13.4.